The van der Waals surface area contributed by atoms with Crippen molar-refractivity contribution in [2.75, 3.05) is 13.1 Å². The topological polar surface area (TPSA) is 23.5 Å². The SMILES string of the molecule is Oc1ccc(CN2CCC(=C(c3ccccc3)c3ccccc3)CC2)cc1. The zero-order chi connectivity index (χ0) is 18.5. The Morgan fingerprint density at radius 3 is 1.74 bits per heavy atom. The highest BCUT2D eigenvalue weighted by Crippen LogP contribution is 2.32. The predicted octanol–water partition coefficient (Wildman–Crippen LogP) is 5.49. The molecule has 3 aromatic carbocycles. The van der Waals surface area contributed by atoms with E-state index in [2.05, 4.69) is 65.6 Å². The maximum atomic E-state index is 9.46. The molecule has 1 aliphatic heterocycles. The first kappa shape index (κ1) is 17.6. The van der Waals surface area contributed by atoms with Gasteiger partial charge in [-0.25, -0.2) is 0 Å². The van der Waals surface area contributed by atoms with E-state index in [0.29, 0.717) is 5.75 Å². The number of aromatic hydroxyl groups is 1. The Morgan fingerprint density at radius 1 is 0.704 bits per heavy atom. The van der Waals surface area contributed by atoms with Crippen LogP contribution in [-0.4, -0.2) is 23.1 Å². The van der Waals surface area contributed by atoms with Gasteiger partial charge in [0.2, 0.25) is 0 Å². The molecule has 2 heteroatoms. The Morgan fingerprint density at radius 2 is 1.22 bits per heavy atom. The van der Waals surface area contributed by atoms with Crippen LogP contribution in [0, 0.1) is 0 Å². The van der Waals surface area contributed by atoms with Crippen LogP contribution in [0.4, 0.5) is 0 Å². The van der Waals surface area contributed by atoms with Crippen LogP contribution in [-0.2, 0) is 6.54 Å². The Kier molecular flexibility index (Phi) is 5.36. The van der Waals surface area contributed by atoms with Gasteiger partial charge in [0.15, 0.2) is 0 Å². The second-order valence-electron chi connectivity index (χ2n) is 7.15. The van der Waals surface area contributed by atoms with Crippen LogP contribution in [0.15, 0.2) is 90.5 Å². The summed E-state index contributed by atoms with van der Waals surface area (Å²) in [5.74, 6) is 0.331. The molecule has 1 fully saturated rings. The van der Waals surface area contributed by atoms with Gasteiger partial charge in [-0.15, -0.1) is 0 Å². The van der Waals surface area contributed by atoms with Gasteiger partial charge in [-0.05, 0) is 47.2 Å². The van der Waals surface area contributed by atoms with E-state index in [4.69, 9.17) is 0 Å². The van der Waals surface area contributed by atoms with Crippen LogP contribution >= 0.6 is 0 Å². The fourth-order valence-electron chi connectivity index (χ4n) is 3.88. The van der Waals surface area contributed by atoms with Gasteiger partial charge in [0.05, 0.1) is 0 Å². The van der Waals surface area contributed by atoms with Gasteiger partial charge in [0.1, 0.15) is 5.75 Å². The molecule has 0 amide bonds. The van der Waals surface area contributed by atoms with Gasteiger partial charge in [-0.1, -0.05) is 78.4 Å². The summed E-state index contributed by atoms with van der Waals surface area (Å²) < 4.78 is 0. The maximum Gasteiger partial charge on any atom is 0.115 e. The van der Waals surface area contributed by atoms with E-state index < -0.39 is 0 Å². The molecule has 3 aromatic rings. The standard InChI is InChI=1S/C25H25NO/c27-24-13-11-20(12-14-24)19-26-17-15-23(16-18-26)25(21-7-3-1-4-8-21)22-9-5-2-6-10-22/h1-14,27H,15-19H2. The van der Waals surface area contributed by atoms with Crippen molar-refractivity contribution in [3.8, 4) is 5.75 Å². The lowest BCUT2D eigenvalue weighted by molar-refractivity contribution is 0.248. The monoisotopic (exact) mass is 355 g/mol. The van der Waals surface area contributed by atoms with E-state index in [-0.39, 0.29) is 0 Å². The Bertz CT molecular complexity index is 847. The number of phenols is 1. The molecule has 0 saturated carbocycles. The van der Waals surface area contributed by atoms with Crippen molar-refractivity contribution in [1.29, 1.82) is 0 Å². The average Bonchev–Trinajstić information content (AvgIpc) is 2.73. The molecule has 1 N–H and O–H groups in total. The summed E-state index contributed by atoms with van der Waals surface area (Å²) in [7, 11) is 0. The molecule has 4 rings (SSSR count). The molecule has 1 aliphatic rings. The van der Waals surface area contributed by atoms with Crippen LogP contribution in [0.5, 0.6) is 5.75 Å². The third-order valence-corrected chi connectivity index (χ3v) is 5.28. The van der Waals surface area contributed by atoms with Crippen LogP contribution in [0.3, 0.4) is 0 Å². The van der Waals surface area contributed by atoms with Crippen molar-refractivity contribution >= 4 is 5.57 Å². The quantitative estimate of drug-likeness (QED) is 0.669. The zero-order valence-electron chi connectivity index (χ0n) is 15.5. The molecule has 0 atom stereocenters. The smallest absolute Gasteiger partial charge is 0.115 e. The first-order valence-electron chi connectivity index (χ1n) is 9.63. The molecule has 0 aliphatic carbocycles. The minimum Gasteiger partial charge on any atom is -0.508 e. The van der Waals surface area contributed by atoms with Gasteiger partial charge >= 0.3 is 0 Å². The summed E-state index contributed by atoms with van der Waals surface area (Å²) in [5, 5.41) is 9.46. The van der Waals surface area contributed by atoms with E-state index in [1.807, 2.05) is 12.1 Å². The Balaban J connectivity index is 1.55. The summed E-state index contributed by atoms with van der Waals surface area (Å²) in [6, 6.07) is 29.1. The van der Waals surface area contributed by atoms with Crippen molar-refractivity contribution < 1.29 is 5.11 Å². The fraction of sp³-hybridized carbons (Fsp3) is 0.200. The highest BCUT2D eigenvalue weighted by atomic mass is 16.3. The molecule has 0 spiro atoms. The molecular weight excluding hydrogens is 330 g/mol. The van der Waals surface area contributed by atoms with E-state index in [9.17, 15) is 5.11 Å². The third-order valence-electron chi connectivity index (χ3n) is 5.28. The van der Waals surface area contributed by atoms with Gasteiger partial charge < -0.3 is 5.11 Å². The van der Waals surface area contributed by atoms with Crippen molar-refractivity contribution in [2.24, 2.45) is 0 Å². The number of phenolic OH excluding ortho intramolecular Hbond substituents is 1. The molecule has 1 heterocycles. The molecule has 136 valence electrons. The second-order valence-corrected chi connectivity index (χ2v) is 7.15. The van der Waals surface area contributed by atoms with Gasteiger partial charge in [-0.3, -0.25) is 4.90 Å². The Labute approximate surface area is 161 Å². The summed E-state index contributed by atoms with van der Waals surface area (Å²) >= 11 is 0. The molecule has 0 radical (unpaired) electrons. The summed E-state index contributed by atoms with van der Waals surface area (Å²) in [4.78, 5) is 2.50. The molecular formula is C25H25NO. The molecule has 2 nitrogen and oxygen atoms in total. The highest BCUT2D eigenvalue weighted by Gasteiger charge is 2.19. The minimum absolute atomic E-state index is 0.331. The van der Waals surface area contributed by atoms with Gasteiger partial charge in [0.25, 0.3) is 0 Å². The number of nitrogens with zero attached hydrogens (tertiary/aromatic N) is 1. The Hall–Kier alpha value is -2.84. The summed E-state index contributed by atoms with van der Waals surface area (Å²) in [5.41, 5.74) is 6.83. The summed E-state index contributed by atoms with van der Waals surface area (Å²) in [6.07, 6.45) is 2.19. The number of rotatable bonds is 4. The lowest BCUT2D eigenvalue weighted by Gasteiger charge is -2.30. The third kappa shape index (κ3) is 4.29. The molecule has 0 bridgehead atoms. The highest BCUT2D eigenvalue weighted by molar-refractivity contribution is 5.82. The number of benzene rings is 3. The van der Waals surface area contributed by atoms with E-state index in [1.54, 1.807) is 17.7 Å². The molecule has 1 saturated heterocycles. The van der Waals surface area contributed by atoms with Gasteiger partial charge in [0, 0.05) is 19.6 Å². The van der Waals surface area contributed by atoms with Crippen molar-refractivity contribution in [3.05, 3.63) is 107 Å². The lowest BCUT2D eigenvalue weighted by atomic mass is 9.88. The van der Waals surface area contributed by atoms with Crippen molar-refractivity contribution in [1.82, 2.24) is 4.90 Å². The number of piperidine rings is 1. The largest absolute Gasteiger partial charge is 0.508 e. The van der Waals surface area contributed by atoms with Crippen LogP contribution in [0.2, 0.25) is 0 Å². The summed E-state index contributed by atoms with van der Waals surface area (Å²) in [6.45, 7) is 3.08. The van der Waals surface area contributed by atoms with Crippen molar-refractivity contribution in [2.45, 2.75) is 19.4 Å². The van der Waals surface area contributed by atoms with E-state index >= 15 is 0 Å². The van der Waals surface area contributed by atoms with Crippen molar-refractivity contribution in [3.63, 3.8) is 0 Å². The van der Waals surface area contributed by atoms with Crippen LogP contribution in [0.1, 0.15) is 29.5 Å². The normalized spacial score (nSPS) is 14.9. The minimum atomic E-state index is 0.331. The zero-order valence-corrected chi connectivity index (χ0v) is 15.5. The second kappa shape index (κ2) is 8.24. The number of likely N-dealkylation sites (tertiary alicyclic amines) is 1. The van der Waals surface area contributed by atoms with Crippen LogP contribution < -0.4 is 0 Å². The first-order chi connectivity index (χ1) is 13.3. The number of hydrogen-bond acceptors (Lipinski definition) is 2. The molecule has 0 unspecified atom stereocenters. The average molecular weight is 355 g/mol. The lowest BCUT2D eigenvalue weighted by Crippen LogP contribution is -2.30. The fourth-order valence-corrected chi connectivity index (χ4v) is 3.88. The van der Waals surface area contributed by atoms with Gasteiger partial charge in [-0.2, -0.15) is 0 Å². The van der Waals surface area contributed by atoms with E-state index in [0.717, 1.165) is 32.5 Å². The first-order valence-corrected chi connectivity index (χ1v) is 9.63. The molecule has 27 heavy (non-hydrogen) atoms. The molecule has 0 aromatic heterocycles. The maximum absolute atomic E-state index is 9.46. The van der Waals surface area contributed by atoms with Crippen LogP contribution in [0.25, 0.3) is 5.57 Å². The number of hydrogen-bond donors (Lipinski definition) is 1. The van der Waals surface area contributed by atoms with E-state index in [1.165, 1.54) is 22.3 Å². The predicted molar refractivity (Wildman–Crippen MR) is 112 cm³/mol.